The molecule has 0 unspecified atom stereocenters. The monoisotopic (exact) mass is 274 g/mol. The lowest BCUT2D eigenvalue weighted by Crippen LogP contribution is -2.42. The molecule has 1 amide bonds. The van der Waals surface area contributed by atoms with Crippen LogP contribution in [0.2, 0.25) is 0 Å². The predicted octanol–water partition coefficient (Wildman–Crippen LogP) is 2.36. The normalized spacial score (nSPS) is 19.4. The van der Waals surface area contributed by atoms with Crippen LogP contribution in [0, 0.1) is 0 Å². The molecule has 98 valence electrons. The molecule has 0 N–H and O–H groups in total. The fourth-order valence-corrected chi connectivity index (χ4v) is 2.86. The molecule has 1 atom stereocenters. The van der Waals surface area contributed by atoms with Gasteiger partial charge in [-0.1, -0.05) is 6.07 Å². The fourth-order valence-electron chi connectivity index (χ4n) is 2.17. The molecule has 0 aromatic carbocycles. The van der Waals surface area contributed by atoms with E-state index in [2.05, 4.69) is 4.98 Å². The number of rotatable bonds is 2. The summed E-state index contributed by atoms with van der Waals surface area (Å²) in [7, 11) is 0. The molecule has 19 heavy (non-hydrogen) atoms. The van der Waals surface area contributed by atoms with E-state index in [9.17, 15) is 4.79 Å². The zero-order valence-electron chi connectivity index (χ0n) is 10.4. The highest BCUT2D eigenvalue weighted by Gasteiger charge is 2.26. The summed E-state index contributed by atoms with van der Waals surface area (Å²) in [6.07, 6.45) is 3.44. The molecule has 1 aliphatic rings. The number of carbonyl (C=O) groups is 1. The summed E-state index contributed by atoms with van der Waals surface area (Å²) in [6, 6.07) is 7.64. The van der Waals surface area contributed by atoms with Gasteiger partial charge in [0.05, 0.1) is 18.0 Å². The van der Waals surface area contributed by atoms with Crippen LogP contribution < -0.4 is 0 Å². The fraction of sp³-hybridized carbons (Fsp3) is 0.286. The number of carbonyl (C=O) groups excluding carboxylic acids is 1. The summed E-state index contributed by atoms with van der Waals surface area (Å²) < 4.78 is 5.74. The Balaban J connectivity index is 1.73. The molecule has 1 fully saturated rings. The Morgan fingerprint density at radius 1 is 1.37 bits per heavy atom. The Morgan fingerprint density at radius 2 is 2.21 bits per heavy atom. The van der Waals surface area contributed by atoms with Gasteiger partial charge in [0.15, 0.2) is 0 Å². The Kier molecular flexibility index (Phi) is 3.57. The highest BCUT2D eigenvalue weighted by atomic mass is 32.1. The van der Waals surface area contributed by atoms with Crippen LogP contribution in [0.15, 0.2) is 42.0 Å². The zero-order chi connectivity index (χ0) is 13.1. The number of nitrogens with zero attached hydrogens (tertiary/aromatic N) is 2. The molecule has 0 aliphatic carbocycles. The standard InChI is InChI=1S/C14H14N2O2S/c17-14(13-2-1-9-19-13)16-7-8-18-12(10-16)11-3-5-15-6-4-11/h1-6,9,12H,7-8,10H2/t12-/m0/s1. The smallest absolute Gasteiger partial charge is 0.264 e. The molecule has 4 nitrogen and oxygen atoms in total. The van der Waals surface area contributed by atoms with Gasteiger partial charge in [-0.25, -0.2) is 0 Å². The van der Waals surface area contributed by atoms with Crippen LogP contribution in [0.25, 0.3) is 0 Å². The van der Waals surface area contributed by atoms with Crippen molar-refractivity contribution in [2.45, 2.75) is 6.10 Å². The molecular weight excluding hydrogens is 260 g/mol. The number of thiophene rings is 1. The third-order valence-electron chi connectivity index (χ3n) is 3.16. The van der Waals surface area contributed by atoms with Crippen molar-refractivity contribution < 1.29 is 9.53 Å². The van der Waals surface area contributed by atoms with Crippen LogP contribution in [-0.2, 0) is 4.74 Å². The highest BCUT2D eigenvalue weighted by molar-refractivity contribution is 7.12. The van der Waals surface area contributed by atoms with Crippen molar-refractivity contribution in [3.8, 4) is 0 Å². The number of ether oxygens (including phenoxy) is 1. The number of pyridine rings is 1. The lowest BCUT2D eigenvalue weighted by molar-refractivity contribution is -0.0226. The Hall–Kier alpha value is -1.72. The van der Waals surface area contributed by atoms with Gasteiger partial charge in [-0.3, -0.25) is 9.78 Å². The van der Waals surface area contributed by atoms with Crippen molar-refractivity contribution in [2.75, 3.05) is 19.7 Å². The topological polar surface area (TPSA) is 42.4 Å². The van der Waals surface area contributed by atoms with Crippen LogP contribution in [0.1, 0.15) is 21.3 Å². The van der Waals surface area contributed by atoms with Gasteiger partial charge < -0.3 is 9.64 Å². The van der Waals surface area contributed by atoms with Crippen LogP contribution in [0.3, 0.4) is 0 Å². The van der Waals surface area contributed by atoms with Gasteiger partial charge >= 0.3 is 0 Å². The Morgan fingerprint density at radius 3 is 2.95 bits per heavy atom. The van der Waals surface area contributed by atoms with Gasteiger partial charge in [0.2, 0.25) is 0 Å². The lowest BCUT2D eigenvalue weighted by Gasteiger charge is -2.32. The van der Waals surface area contributed by atoms with E-state index in [4.69, 9.17) is 4.74 Å². The summed E-state index contributed by atoms with van der Waals surface area (Å²) >= 11 is 1.48. The van der Waals surface area contributed by atoms with Gasteiger partial charge in [-0.15, -0.1) is 11.3 Å². The lowest BCUT2D eigenvalue weighted by atomic mass is 10.1. The maximum Gasteiger partial charge on any atom is 0.264 e. The van der Waals surface area contributed by atoms with Gasteiger partial charge in [-0.05, 0) is 29.1 Å². The Labute approximate surface area is 115 Å². The summed E-state index contributed by atoms with van der Waals surface area (Å²) in [5, 5.41) is 1.92. The molecule has 5 heteroatoms. The van der Waals surface area contributed by atoms with E-state index in [0.29, 0.717) is 19.7 Å². The number of aromatic nitrogens is 1. The van der Waals surface area contributed by atoms with E-state index in [1.807, 2.05) is 34.5 Å². The second kappa shape index (κ2) is 5.50. The van der Waals surface area contributed by atoms with E-state index in [1.165, 1.54) is 11.3 Å². The van der Waals surface area contributed by atoms with Crippen LogP contribution in [-0.4, -0.2) is 35.5 Å². The van der Waals surface area contributed by atoms with E-state index in [1.54, 1.807) is 12.4 Å². The molecule has 0 bridgehead atoms. The van der Waals surface area contributed by atoms with Crippen LogP contribution in [0.5, 0.6) is 0 Å². The first kappa shape index (κ1) is 12.3. The summed E-state index contributed by atoms with van der Waals surface area (Å²) in [5.74, 6) is 0.0948. The summed E-state index contributed by atoms with van der Waals surface area (Å²) in [6.45, 7) is 1.82. The molecule has 2 aromatic rings. The van der Waals surface area contributed by atoms with E-state index >= 15 is 0 Å². The van der Waals surface area contributed by atoms with Crippen molar-refractivity contribution >= 4 is 17.2 Å². The van der Waals surface area contributed by atoms with Crippen molar-refractivity contribution in [2.24, 2.45) is 0 Å². The molecular formula is C14H14N2O2S. The molecule has 0 spiro atoms. The average molecular weight is 274 g/mol. The molecule has 1 saturated heterocycles. The molecule has 1 aliphatic heterocycles. The zero-order valence-corrected chi connectivity index (χ0v) is 11.2. The molecule has 0 saturated carbocycles. The van der Waals surface area contributed by atoms with E-state index in [0.717, 1.165) is 10.4 Å². The number of amides is 1. The first-order valence-electron chi connectivity index (χ1n) is 6.19. The van der Waals surface area contributed by atoms with Crippen LogP contribution in [0.4, 0.5) is 0 Å². The highest BCUT2D eigenvalue weighted by Crippen LogP contribution is 2.23. The van der Waals surface area contributed by atoms with Gasteiger partial charge in [0.1, 0.15) is 6.10 Å². The SMILES string of the molecule is O=C(c1cccs1)N1CCO[C@H](c2ccncc2)C1. The maximum absolute atomic E-state index is 12.3. The predicted molar refractivity (Wildman–Crippen MR) is 73.2 cm³/mol. The van der Waals surface area contributed by atoms with Crippen molar-refractivity contribution in [3.63, 3.8) is 0 Å². The number of hydrogen-bond acceptors (Lipinski definition) is 4. The number of morpholine rings is 1. The largest absolute Gasteiger partial charge is 0.370 e. The minimum Gasteiger partial charge on any atom is -0.370 e. The van der Waals surface area contributed by atoms with Gasteiger partial charge in [0.25, 0.3) is 5.91 Å². The Bertz CT molecular complexity index is 542. The molecule has 2 aromatic heterocycles. The molecule has 3 heterocycles. The van der Waals surface area contributed by atoms with Gasteiger partial charge in [0, 0.05) is 18.9 Å². The van der Waals surface area contributed by atoms with E-state index < -0.39 is 0 Å². The van der Waals surface area contributed by atoms with Crippen molar-refractivity contribution in [1.29, 1.82) is 0 Å². The average Bonchev–Trinajstić information content (AvgIpc) is 3.02. The first-order chi connectivity index (χ1) is 9.34. The summed E-state index contributed by atoms with van der Waals surface area (Å²) in [4.78, 5) is 19.0. The first-order valence-corrected chi connectivity index (χ1v) is 7.07. The maximum atomic E-state index is 12.3. The van der Waals surface area contributed by atoms with E-state index in [-0.39, 0.29) is 12.0 Å². The minimum absolute atomic E-state index is 0.0549. The van der Waals surface area contributed by atoms with Crippen molar-refractivity contribution in [1.82, 2.24) is 9.88 Å². The minimum atomic E-state index is -0.0549. The quantitative estimate of drug-likeness (QED) is 0.844. The van der Waals surface area contributed by atoms with Gasteiger partial charge in [-0.2, -0.15) is 0 Å². The third-order valence-corrected chi connectivity index (χ3v) is 4.02. The molecule has 0 radical (unpaired) electrons. The number of hydrogen-bond donors (Lipinski definition) is 0. The second-order valence-corrected chi connectivity index (χ2v) is 5.32. The molecule has 3 rings (SSSR count). The third kappa shape index (κ3) is 2.67. The van der Waals surface area contributed by atoms with Crippen molar-refractivity contribution in [3.05, 3.63) is 52.5 Å². The summed E-state index contributed by atoms with van der Waals surface area (Å²) in [5.41, 5.74) is 1.07. The second-order valence-electron chi connectivity index (χ2n) is 4.37. The van der Waals surface area contributed by atoms with Crippen LogP contribution >= 0.6 is 11.3 Å².